The lowest BCUT2D eigenvalue weighted by molar-refractivity contribution is -0.124. The van der Waals surface area contributed by atoms with Gasteiger partial charge in [-0.15, -0.1) is 0 Å². The molecule has 1 aliphatic rings. The summed E-state index contributed by atoms with van der Waals surface area (Å²) in [5, 5.41) is 3.37. The molecule has 0 heterocycles. The molecule has 1 unspecified atom stereocenters. The van der Waals surface area contributed by atoms with Crippen LogP contribution in [0.25, 0.3) is 0 Å². The molecule has 0 bridgehead atoms. The first-order valence-electron chi connectivity index (χ1n) is 6.73. The number of primary amides is 1. The summed E-state index contributed by atoms with van der Waals surface area (Å²) in [7, 11) is 1.73. The van der Waals surface area contributed by atoms with Crippen molar-refractivity contribution in [2.24, 2.45) is 5.73 Å². The van der Waals surface area contributed by atoms with Gasteiger partial charge in [-0.05, 0) is 50.5 Å². The van der Waals surface area contributed by atoms with Crippen molar-refractivity contribution in [2.75, 3.05) is 25.2 Å². The Balaban J connectivity index is 2.11. The van der Waals surface area contributed by atoms with Crippen LogP contribution < -0.4 is 11.1 Å². The number of hydrogen-bond acceptors (Lipinski definition) is 4. The van der Waals surface area contributed by atoms with E-state index in [9.17, 15) is 4.79 Å². The van der Waals surface area contributed by atoms with Crippen LogP contribution in [0.1, 0.15) is 39.0 Å². The minimum absolute atomic E-state index is 0.223. The monoisotopic (exact) mass is 274 g/mol. The molecule has 0 spiro atoms. The smallest absolute Gasteiger partial charge is 0.237 e. The van der Waals surface area contributed by atoms with Gasteiger partial charge in [-0.25, -0.2) is 0 Å². The Morgan fingerprint density at radius 3 is 2.67 bits per heavy atom. The number of nitrogens with two attached hydrogens (primary N) is 1. The molecule has 1 rings (SSSR count). The normalized spacial score (nSPS) is 18.6. The fraction of sp³-hybridized carbons (Fsp3) is 0.923. The molecule has 106 valence electrons. The number of carbonyl (C=O) groups excluding carboxylic acids is 1. The number of thioether (sulfide) groups is 1. The molecule has 0 aromatic rings. The zero-order valence-electron chi connectivity index (χ0n) is 11.5. The van der Waals surface area contributed by atoms with E-state index in [2.05, 4.69) is 5.32 Å². The van der Waals surface area contributed by atoms with Gasteiger partial charge in [0.1, 0.15) is 0 Å². The van der Waals surface area contributed by atoms with E-state index in [0.29, 0.717) is 6.04 Å². The van der Waals surface area contributed by atoms with E-state index >= 15 is 0 Å². The van der Waals surface area contributed by atoms with Crippen molar-refractivity contribution in [2.45, 2.75) is 50.6 Å². The van der Waals surface area contributed by atoms with Gasteiger partial charge in [-0.1, -0.05) is 0 Å². The predicted octanol–water partition coefficient (Wildman–Crippen LogP) is 1.53. The van der Waals surface area contributed by atoms with Gasteiger partial charge in [0.15, 0.2) is 0 Å². The third-order valence-corrected chi connectivity index (χ3v) is 4.40. The van der Waals surface area contributed by atoms with Crippen molar-refractivity contribution in [3.8, 4) is 0 Å². The lowest BCUT2D eigenvalue weighted by atomic mass is 9.95. The van der Waals surface area contributed by atoms with Gasteiger partial charge in [0.2, 0.25) is 5.91 Å². The summed E-state index contributed by atoms with van der Waals surface area (Å²) in [6.45, 7) is 2.76. The summed E-state index contributed by atoms with van der Waals surface area (Å²) in [5.74, 6) is 1.98. The van der Waals surface area contributed by atoms with E-state index in [4.69, 9.17) is 10.5 Å². The quantitative estimate of drug-likeness (QED) is 0.561. The molecule has 1 amide bonds. The number of rotatable bonds is 11. The number of methoxy groups -OCH3 is 1. The number of amides is 1. The molecular formula is C13H26N2O2S. The number of nitrogens with one attached hydrogen (secondary N) is 1. The van der Waals surface area contributed by atoms with Crippen molar-refractivity contribution < 1.29 is 9.53 Å². The van der Waals surface area contributed by atoms with Gasteiger partial charge >= 0.3 is 0 Å². The first kappa shape index (κ1) is 15.8. The van der Waals surface area contributed by atoms with Crippen LogP contribution in [-0.4, -0.2) is 42.7 Å². The molecule has 0 aliphatic heterocycles. The molecule has 5 heteroatoms. The van der Waals surface area contributed by atoms with Gasteiger partial charge in [0, 0.05) is 19.8 Å². The maximum Gasteiger partial charge on any atom is 0.237 e. The Morgan fingerprint density at radius 2 is 2.11 bits per heavy atom. The topological polar surface area (TPSA) is 64.3 Å². The number of hydrogen-bond donors (Lipinski definition) is 2. The van der Waals surface area contributed by atoms with E-state index < -0.39 is 5.54 Å². The molecule has 0 aromatic carbocycles. The minimum atomic E-state index is -0.520. The average Bonchev–Trinajstić information content (AvgIpc) is 3.11. The van der Waals surface area contributed by atoms with Crippen LogP contribution in [0, 0.1) is 0 Å². The molecule has 1 saturated carbocycles. The Bertz CT molecular complexity index is 259. The molecule has 0 aromatic heterocycles. The summed E-state index contributed by atoms with van der Waals surface area (Å²) in [6.07, 6.45) is 5.30. The summed E-state index contributed by atoms with van der Waals surface area (Å²) in [4.78, 5) is 11.5. The van der Waals surface area contributed by atoms with Crippen molar-refractivity contribution >= 4 is 17.7 Å². The Morgan fingerprint density at radius 1 is 1.44 bits per heavy atom. The number of ether oxygens (including phenoxy) is 1. The van der Waals surface area contributed by atoms with Crippen molar-refractivity contribution in [3.05, 3.63) is 0 Å². The van der Waals surface area contributed by atoms with E-state index in [1.165, 1.54) is 12.8 Å². The highest BCUT2D eigenvalue weighted by Crippen LogP contribution is 2.25. The maximum atomic E-state index is 11.5. The summed E-state index contributed by atoms with van der Waals surface area (Å²) < 4.78 is 5.00. The summed E-state index contributed by atoms with van der Waals surface area (Å²) in [5.41, 5.74) is 4.98. The molecule has 1 atom stereocenters. The molecule has 0 saturated heterocycles. The van der Waals surface area contributed by atoms with Crippen LogP contribution in [0.3, 0.4) is 0 Å². The molecule has 18 heavy (non-hydrogen) atoms. The van der Waals surface area contributed by atoms with Crippen molar-refractivity contribution in [3.63, 3.8) is 0 Å². The first-order chi connectivity index (χ1) is 8.58. The molecule has 0 radical (unpaired) electrons. The summed E-state index contributed by atoms with van der Waals surface area (Å²) >= 11 is 1.92. The highest BCUT2D eigenvalue weighted by atomic mass is 32.2. The Labute approximate surface area is 114 Å². The van der Waals surface area contributed by atoms with Gasteiger partial charge in [-0.2, -0.15) is 11.8 Å². The third kappa shape index (κ3) is 6.07. The molecule has 1 fully saturated rings. The van der Waals surface area contributed by atoms with Crippen LogP contribution in [-0.2, 0) is 9.53 Å². The zero-order chi connectivity index (χ0) is 13.4. The molecule has 3 N–H and O–H groups in total. The standard InChI is InChI=1S/C13H26N2O2S/c1-13(12(14)16,15-11-5-6-11)7-3-9-18-10-4-8-17-2/h11,15H,3-10H2,1-2H3,(H2,14,16). The second-order valence-electron chi connectivity index (χ2n) is 5.18. The Hall–Kier alpha value is -0.260. The van der Waals surface area contributed by atoms with Crippen LogP contribution in [0.5, 0.6) is 0 Å². The number of carbonyl (C=O) groups is 1. The van der Waals surface area contributed by atoms with E-state index in [1.54, 1.807) is 7.11 Å². The first-order valence-corrected chi connectivity index (χ1v) is 7.88. The largest absolute Gasteiger partial charge is 0.385 e. The summed E-state index contributed by atoms with van der Waals surface area (Å²) in [6, 6.07) is 0.511. The predicted molar refractivity (Wildman–Crippen MR) is 76.8 cm³/mol. The SMILES string of the molecule is COCCCSCCCC(C)(NC1CC1)C(N)=O. The average molecular weight is 274 g/mol. The Kier molecular flexibility index (Phi) is 7.04. The fourth-order valence-electron chi connectivity index (χ4n) is 1.88. The van der Waals surface area contributed by atoms with Crippen molar-refractivity contribution in [1.82, 2.24) is 5.32 Å². The molecule has 1 aliphatic carbocycles. The lowest BCUT2D eigenvalue weighted by Gasteiger charge is -2.27. The van der Waals surface area contributed by atoms with E-state index in [0.717, 1.165) is 37.4 Å². The highest BCUT2D eigenvalue weighted by molar-refractivity contribution is 7.99. The fourth-order valence-corrected chi connectivity index (χ4v) is 2.75. The molecule has 4 nitrogen and oxygen atoms in total. The van der Waals surface area contributed by atoms with Crippen LogP contribution in [0.15, 0.2) is 0 Å². The highest BCUT2D eigenvalue weighted by Gasteiger charge is 2.36. The van der Waals surface area contributed by atoms with Crippen LogP contribution in [0.2, 0.25) is 0 Å². The minimum Gasteiger partial charge on any atom is -0.385 e. The second-order valence-corrected chi connectivity index (χ2v) is 6.40. The third-order valence-electron chi connectivity index (χ3n) is 3.25. The van der Waals surface area contributed by atoms with Crippen LogP contribution in [0.4, 0.5) is 0 Å². The molecular weight excluding hydrogens is 248 g/mol. The zero-order valence-corrected chi connectivity index (χ0v) is 12.4. The van der Waals surface area contributed by atoms with E-state index in [1.807, 2.05) is 18.7 Å². The second kappa shape index (κ2) is 8.02. The van der Waals surface area contributed by atoms with Gasteiger partial charge in [0.05, 0.1) is 5.54 Å². The van der Waals surface area contributed by atoms with Crippen LogP contribution >= 0.6 is 11.8 Å². The van der Waals surface area contributed by atoms with Gasteiger partial charge < -0.3 is 15.8 Å². The van der Waals surface area contributed by atoms with E-state index in [-0.39, 0.29) is 5.91 Å². The van der Waals surface area contributed by atoms with Gasteiger partial charge in [0.25, 0.3) is 0 Å². The maximum absolute atomic E-state index is 11.5. The van der Waals surface area contributed by atoms with Crippen molar-refractivity contribution in [1.29, 1.82) is 0 Å². The lowest BCUT2D eigenvalue weighted by Crippen LogP contribution is -2.54. The van der Waals surface area contributed by atoms with Gasteiger partial charge in [-0.3, -0.25) is 4.79 Å².